The van der Waals surface area contributed by atoms with Gasteiger partial charge in [0, 0.05) is 66.5 Å². The van der Waals surface area contributed by atoms with E-state index >= 15 is 0 Å². The molecule has 8 fully saturated rings. The smallest absolute Gasteiger partial charge is 0.319 e. The van der Waals surface area contributed by atoms with Gasteiger partial charge in [-0.2, -0.15) is 0 Å². The molecule has 95 heavy (non-hydrogen) atoms. The summed E-state index contributed by atoms with van der Waals surface area (Å²) in [5.41, 5.74) is 14.9. The van der Waals surface area contributed by atoms with Crippen molar-refractivity contribution in [2.24, 2.45) is 90.2 Å². The van der Waals surface area contributed by atoms with Gasteiger partial charge in [0.15, 0.2) is 0 Å². The lowest BCUT2D eigenvalue weighted by Gasteiger charge is -2.41. The van der Waals surface area contributed by atoms with Gasteiger partial charge in [0.1, 0.15) is 18.1 Å². The highest BCUT2D eigenvalue weighted by Gasteiger charge is 2.71. The molecule has 0 aromatic rings. The molecule has 10 N–H and O–H groups in total. The highest BCUT2D eigenvalue weighted by Crippen LogP contribution is 2.66. The summed E-state index contributed by atoms with van der Waals surface area (Å²) >= 11 is 0. The maximum atomic E-state index is 14.4. The first-order valence-corrected chi connectivity index (χ1v) is 34.1. The number of hydrogen-bond acceptors (Lipinski definition) is 14. The molecular formula is C68H115ClN14O12. The van der Waals surface area contributed by atoms with E-state index in [9.17, 15) is 57.5 Å². The van der Waals surface area contributed by atoms with Gasteiger partial charge in [0.05, 0.1) is 30.2 Å². The molecule has 4 saturated carbocycles. The van der Waals surface area contributed by atoms with Crippen molar-refractivity contribution < 1.29 is 57.5 Å². The van der Waals surface area contributed by atoms with Gasteiger partial charge < -0.3 is 67.9 Å². The number of nitrogens with zero attached hydrogens (tertiary/aromatic N) is 7. The quantitative estimate of drug-likeness (QED) is 0.0471. The first kappa shape index (κ1) is 79.3. The third kappa shape index (κ3) is 18.8. The molecule has 4 aliphatic carbocycles. The van der Waals surface area contributed by atoms with Gasteiger partial charge in [-0.05, 0) is 93.7 Å². The monoisotopic (exact) mass is 1350 g/mol. The summed E-state index contributed by atoms with van der Waals surface area (Å²) in [5, 5.41) is 11.5. The fourth-order valence-corrected chi connectivity index (χ4v) is 14.5. The predicted octanol–water partition coefficient (Wildman–Crippen LogP) is 4.57. The lowest BCUT2D eigenvalue weighted by molar-refractivity contribution is -0.145. The molecule has 0 radical (unpaired) electrons. The van der Waals surface area contributed by atoms with E-state index in [0.717, 1.165) is 64.5 Å². The highest BCUT2D eigenvalue weighted by atomic mass is 35.5. The molecule has 0 bridgehead atoms. The van der Waals surface area contributed by atoms with Crippen molar-refractivity contribution >= 4 is 83.6 Å². The number of halogens is 1. The van der Waals surface area contributed by atoms with Crippen molar-refractivity contribution in [1.29, 1.82) is 0 Å². The zero-order valence-corrected chi connectivity index (χ0v) is 60.8. The molecule has 8 aliphatic rings. The Bertz CT molecular complexity index is 2920. The van der Waals surface area contributed by atoms with Crippen molar-refractivity contribution in [3.63, 3.8) is 0 Å². The molecule has 4 saturated heterocycles. The zero-order chi connectivity index (χ0) is 70.9. The maximum Gasteiger partial charge on any atom is 0.319 e. The minimum absolute atomic E-state index is 0. The summed E-state index contributed by atoms with van der Waals surface area (Å²) in [6.07, 6.45) is 10.1. The van der Waals surface area contributed by atoms with Crippen LogP contribution in [0.5, 0.6) is 0 Å². The molecule has 0 aromatic carbocycles. The van der Waals surface area contributed by atoms with Crippen LogP contribution in [0.4, 0.5) is 14.4 Å². The molecule has 26 nitrogen and oxygen atoms in total. The number of primary amides is 2. The van der Waals surface area contributed by atoms with E-state index in [-0.39, 0.29) is 94.1 Å². The number of Topliss-reactive ketones (excluding diaryl/α,β-unsaturated/α-hetero) is 2. The summed E-state index contributed by atoms with van der Waals surface area (Å²) in [7, 11) is 3.56. The second-order valence-electron chi connectivity index (χ2n) is 33.7. The Morgan fingerprint density at radius 3 is 1.29 bits per heavy atom. The van der Waals surface area contributed by atoms with E-state index in [0.29, 0.717) is 58.0 Å². The number of hydrogen-bond donors (Lipinski definition) is 7. The Labute approximate surface area is 569 Å². The first-order chi connectivity index (χ1) is 43.3. The Kier molecular flexibility index (Phi) is 25.5. The maximum absolute atomic E-state index is 14.4. The molecule has 2 unspecified atom stereocenters. The molecule has 12 atom stereocenters. The number of fused-ring (bicyclic) bond motifs is 2. The Morgan fingerprint density at radius 1 is 0.558 bits per heavy atom. The zero-order valence-electron chi connectivity index (χ0n) is 60.0. The largest absolute Gasteiger partial charge is 0.363 e. The molecule has 27 heteroatoms. The van der Waals surface area contributed by atoms with Gasteiger partial charge in [0.2, 0.25) is 41.3 Å². The van der Waals surface area contributed by atoms with Gasteiger partial charge in [-0.1, -0.05) is 149 Å². The second kappa shape index (κ2) is 30.6. The Hall–Kier alpha value is -6.40. The molecule has 8 rings (SSSR count). The summed E-state index contributed by atoms with van der Waals surface area (Å²) in [5.74, 6) is -4.50. The summed E-state index contributed by atoms with van der Waals surface area (Å²) < 4.78 is 0. The lowest BCUT2D eigenvalue weighted by atomic mass is 9.80. The third-order valence-corrected chi connectivity index (χ3v) is 21.8. The van der Waals surface area contributed by atoms with Crippen molar-refractivity contribution in [3.05, 3.63) is 0 Å². The summed E-state index contributed by atoms with van der Waals surface area (Å²) in [4.78, 5) is 166. The Balaban J connectivity index is 0.000000289. The summed E-state index contributed by atoms with van der Waals surface area (Å²) in [6.45, 7) is 36.0. The molecular weight excluding hydrogens is 1240 g/mol. The van der Waals surface area contributed by atoms with Crippen LogP contribution in [0.1, 0.15) is 175 Å². The number of urea groups is 3. The average Bonchev–Trinajstić information content (AvgIpc) is 1.53. The Morgan fingerprint density at radius 2 is 0.958 bits per heavy atom. The van der Waals surface area contributed by atoms with Crippen LogP contribution in [-0.2, 0) is 43.2 Å². The second-order valence-corrected chi connectivity index (χ2v) is 33.7. The molecule has 4 aliphatic heterocycles. The van der Waals surface area contributed by atoms with Gasteiger partial charge in [-0.3, -0.25) is 38.4 Å². The SMILES string of the molecule is CC(C)(C)[C@H](N)C(=O)N1C[C@H]2[C@@H]([C@H]1C(=O)NC(CC1CCC1)C(=O)C(N)=O)C2(C)C.CN1CCCN(C[C@@H](N=C=O)C(C)(C)C)C1=O.CN1CCCN(C[C@@H](NC(=O)N[C@H](C(=O)N2C[C@H]3[C@@H]([C@H]2C(=O)NC(CC2CCC2)C(=O)C(N)=O)C3(C)C)C(C)(C)C)C(C)(C)C)C1=O.Cl. The first-order valence-electron chi connectivity index (χ1n) is 34.1. The molecule has 12 amide bonds. The van der Waals surface area contributed by atoms with Crippen molar-refractivity contribution in [2.45, 2.75) is 223 Å². The highest BCUT2D eigenvalue weighted by molar-refractivity contribution is 6.38. The fraction of sp³-hybridized carbons (Fsp3) is 0.824. The minimum atomic E-state index is -1.09. The van der Waals surface area contributed by atoms with Gasteiger partial charge in [0.25, 0.3) is 11.8 Å². The van der Waals surface area contributed by atoms with Crippen molar-refractivity contribution in [3.8, 4) is 0 Å². The minimum Gasteiger partial charge on any atom is -0.363 e. The number of nitrogens with two attached hydrogens (primary N) is 3. The van der Waals surface area contributed by atoms with E-state index < -0.39 is 93.9 Å². The predicted molar refractivity (Wildman–Crippen MR) is 361 cm³/mol. The number of carbonyl (C=O) groups excluding carboxylic acids is 12. The van der Waals surface area contributed by atoms with Crippen LogP contribution in [0.25, 0.3) is 0 Å². The van der Waals surface area contributed by atoms with E-state index in [1.165, 1.54) is 0 Å². The van der Waals surface area contributed by atoms with Gasteiger partial charge in [-0.25, -0.2) is 24.2 Å². The van der Waals surface area contributed by atoms with Crippen LogP contribution in [-0.4, -0.2) is 215 Å². The standard InChI is InChI=1S/C34H57N7O6.C22H36N4O4.C12H21N3O2.ClH/c1-32(2,3)22(18-40-15-11-14-39(9)31(40)47)37-30(46)38-26(33(4,5)6)29(45)41-17-20-23(34(20,7)8)24(41)28(44)36-21(25(42)27(35)43)16-19-12-10-13-19;1-21(2,3)17(23)20(30)26-10-12-14(22(12,4)5)15(26)19(29)25-13(16(27)18(24)28)9-11-7-6-8-11;1-12(2,3)10(13-9-16)8-15-7-5-6-14(4)11(15)17;/h19-24,26H,10-18H2,1-9H3,(H2,35,43)(H,36,44)(H2,37,38,46);11-15,17H,6-10,23H2,1-5H3,(H2,24,28)(H,25,29);10H,5-8H2,1-4H3;1H/t20-,21?,22+,23-,24-,26+;12-,13?,14-,15-,17+;10-;/m001./s1. The van der Waals surface area contributed by atoms with Crippen molar-refractivity contribution in [1.82, 2.24) is 50.7 Å². The van der Waals surface area contributed by atoms with Crippen LogP contribution in [0.3, 0.4) is 0 Å². The molecule has 0 spiro atoms. The van der Waals surface area contributed by atoms with Crippen LogP contribution in [0, 0.1) is 68.0 Å². The van der Waals surface area contributed by atoms with E-state index in [4.69, 9.17) is 17.2 Å². The number of likely N-dealkylation sites (tertiary alicyclic amines) is 2. The van der Waals surface area contributed by atoms with Gasteiger partial charge >= 0.3 is 18.1 Å². The number of amides is 12. The van der Waals surface area contributed by atoms with Crippen LogP contribution in [0.15, 0.2) is 4.99 Å². The number of aliphatic imine (C=N–C) groups is 1. The molecule has 536 valence electrons. The summed E-state index contributed by atoms with van der Waals surface area (Å²) in [6, 6.07) is -6.41. The number of rotatable bonds is 21. The van der Waals surface area contributed by atoms with Crippen LogP contribution < -0.4 is 38.5 Å². The lowest BCUT2D eigenvalue weighted by Crippen LogP contribution is -2.63. The number of isocyanates is 1. The van der Waals surface area contributed by atoms with E-state index in [1.54, 1.807) is 49.6 Å². The number of ketones is 2. The topological polar surface area (TPSA) is 363 Å². The number of carbonyl (C=O) groups is 11. The number of nitrogens with one attached hydrogen (secondary N) is 4. The molecule has 4 heterocycles. The van der Waals surface area contributed by atoms with Gasteiger partial charge in [-0.15, -0.1) is 12.4 Å². The normalized spacial score (nSPS) is 25.5. The molecule has 0 aromatic heterocycles. The van der Waals surface area contributed by atoms with Crippen LogP contribution >= 0.6 is 12.4 Å². The van der Waals surface area contributed by atoms with E-state index in [2.05, 4.69) is 54.0 Å². The average molecular weight is 1360 g/mol. The fourth-order valence-electron chi connectivity index (χ4n) is 14.5. The van der Waals surface area contributed by atoms with Crippen LogP contribution in [0.2, 0.25) is 0 Å². The number of piperidine rings is 2. The van der Waals surface area contributed by atoms with E-state index in [1.807, 2.05) is 83.1 Å². The third-order valence-electron chi connectivity index (χ3n) is 21.8. The van der Waals surface area contributed by atoms with Crippen molar-refractivity contribution in [2.75, 3.05) is 66.5 Å².